The molecule has 0 aliphatic carbocycles. The van der Waals surface area contributed by atoms with Crippen LogP contribution in [0.2, 0.25) is 0 Å². The van der Waals surface area contributed by atoms with Crippen LogP contribution in [0.4, 0.5) is 5.88 Å². The molecule has 3 aromatic rings. The normalized spacial score (nSPS) is 14.5. The van der Waals surface area contributed by atoms with Crippen molar-refractivity contribution in [2.45, 2.75) is 26.3 Å². The van der Waals surface area contributed by atoms with Crippen LogP contribution in [-0.4, -0.2) is 35.9 Å². The smallest absolute Gasteiger partial charge is 0.266 e. The van der Waals surface area contributed by atoms with Crippen molar-refractivity contribution in [3.05, 3.63) is 59.5 Å². The third-order valence-corrected chi connectivity index (χ3v) is 5.62. The maximum atomic E-state index is 12.9. The summed E-state index contributed by atoms with van der Waals surface area (Å²) in [6, 6.07) is 13.7. The van der Waals surface area contributed by atoms with Crippen LogP contribution in [0.1, 0.15) is 29.7 Å². The number of carbonyl (C=O) groups excluding carboxylic acids is 1. The number of aryl methyl sites for hydroxylation is 1. The number of benzene rings is 1. The quantitative estimate of drug-likeness (QED) is 0.639. The molecule has 1 amide bonds. The first kappa shape index (κ1) is 19.8. The first-order valence-electron chi connectivity index (χ1n) is 10.1. The topological polar surface area (TPSA) is 86.5 Å². The number of piperidine rings is 1. The minimum absolute atomic E-state index is 0.0340. The molecule has 4 rings (SSSR count). The predicted octanol–water partition coefficient (Wildman–Crippen LogP) is 3.99. The highest BCUT2D eigenvalue weighted by atomic mass is 16.4. The Labute approximate surface area is 175 Å². The maximum absolute atomic E-state index is 12.9. The van der Waals surface area contributed by atoms with Gasteiger partial charge in [0.05, 0.1) is 6.26 Å². The highest BCUT2D eigenvalue weighted by Crippen LogP contribution is 2.31. The third-order valence-electron chi connectivity index (χ3n) is 5.62. The van der Waals surface area contributed by atoms with Crippen molar-refractivity contribution >= 4 is 11.8 Å². The Morgan fingerprint density at radius 1 is 1.27 bits per heavy atom. The molecule has 1 saturated heterocycles. The molecule has 30 heavy (non-hydrogen) atoms. The lowest BCUT2D eigenvalue weighted by atomic mass is 9.95. The highest BCUT2D eigenvalue weighted by molar-refractivity contribution is 5.79. The lowest BCUT2D eigenvalue weighted by Crippen LogP contribution is -2.41. The number of nitrogens with zero attached hydrogens (tertiary/aromatic N) is 4. The molecular formula is C23H24N4O3. The van der Waals surface area contributed by atoms with E-state index in [1.54, 1.807) is 12.1 Å². The van der Waals surface area contributed by atoms with Crippen molar-refractivity contribution in [1.82, 2.24) is 9.88 Å². The monoisotopic (exact) mass is 404 g/mol. The molecule has 0 radical (unpaired) electrons. The fourth-order valence-electron chi connectivity index (χ4n) is 3.87. The van der Waals surface area contributed by atoms with Gasteiger partial charge in [-0.25, -0.2) is 0 Å². The number of anilines is 1. The molecule has 0 unspecified atom stereocenters. The van der Waals surface area contributed by atoms with Crippen LogP contribution in [0.15, 0.2) is 51.5 Å². The second-order valence-corrected chi connectivity index (χ2v) is 7.64. The zero-order valence-corrected chi connectivity index (χ0v) is 17.2. The van der Waals surface area contributed by atoms with Crippen molar-refractivity contribution in [3.8, 4) is 17.7 Å². The number of hydrogen-bond donors (Lipinski definition) is 0. The third kappa shape index (κ3) is 3.94. The lowest BCUT2D eigenvalue weighted by molar-refractivity contribution is -0.135. The Bertz CT molecular complexity index is 1060. The van der Waals surface area contributed by atoms with Gasteiger partial charge in [-0.15, -0.1) is 0 Å². The van der Waals surface area contributed by atoms with Crippen LogP contribution < -0.4 is 4.90 Å². The fourth-order valence-corrected chi connectivity index (χ4v) is 3.87. The molecule has 7 heteroatoms. The molecule has 0 bridgehead atoms. The largest absolute Gasteiger partial charge is 0.459 e. The molecule has 0 spiro atoms. The van der Waals surface area contributed by atoms with Crippen molar-refractivity contribution in [1.29, 1.82) is 5.26 Å². The van der Waals surface area contributed by atoms with Gasteiger partial charge in [-0.1, -0.05) is 24.3 Å². The van der Waals surface area contributed by atoms with E-state index < -0.39 is 0 Å². The molecule has 2 aromatic heterocycles. The maximum Gasteiger partial charge on any atom is 0.266 e. The molecule has 1 fully saturated rings. The summed E-state index contributed by atoms with van der Waals surface area (Å²) in [5.41, 5.74) is 2.59. The van der Waals surface area contributed by atoms with Crippen LogP contribution in [-0.2, 0) is 11.3 Å². The van der Waals surface area contributed by atoms with Crippen LogP contribution in [0.3, 0.4) is 0 Å². The standard InChI is InChI=1S/C23H24N4O3/c1-16-6-3-4-7-18(16)15-26(2)22(28)17-9-11-27(12-10-17)23-19(14-24)25-21(30-23)20-8-5-13-29-20/h3-8,13,17H,9-12,15H2,1-2H3. The Kier molecular flexibility index (Phi) is 5.57. The van der Waals surface area contributed by atoms with E-state index in [9.17, 15) is 10.1 Å². The van der Waals surface area contributed by atoms with Crippen LogP contribution in [0, 0.1) is 24.2 Å². The SMILES string of the molecule is Cc1ccccc1CN(C)C(=O)C1CCN(c2oc(-c3ccco3)nc2C#N)CC1. The average molecular weight is 404 g/mol. The lowest BCUT2D eigenvalue weighted by Gasteiger charge is -2.33. The summed E-state index contributed by atoms with van der Waals surface area (Å²) >= 11 is 0. The second kappa shape index (κ2) is 8.46. The summed E-state index contributed by atoms with van der Waals surface area (Å²) in [6.45, 7) is 3.94. The summed E-state index contributed by atoms with van der Waals surface area (Å²) in [7, 11) is 1.86. The van der Waals surface area contributed by atoms with Gasteiger partial charge in [0.15, 0.2) is 5.76 Å². The van der Waals surface area contributed by atoms with E-state index in [1.807, 2.05) is 29.0 Å². The summed E-state index contributed by atoms with van der Waals surface area (Å²) < 4.78 is 11.1. The zero-order chi connectivity index (χ0) is 21.1. The highest BCUT2D eigenvalue weighted by Gasteiger charge is 2.30. The van der Waals surface area contributed by atoms with E-state index in [-0.39, 0.29) is 17.5 Å². The molecule has 1 aliphatic rings. The molecule has 1 aromatic carbocycles. The number of rotatable bonds is 5. The van der Waals surface area contributed by atoms with E-state index in [2.05, 4.69) is 30.1 Å². The van der Waals surface area contributed by atoms with Crippen LogP contribution in [0.5, 0.6) is 0 Å². The van der Waals surface area contributed by atoms with Gasteiger partial charge < -0.3 is 18.6 Å². The van der Waals surface area contributed by atoms with Gasteiger partial charge in [0.1, 0.15) is 6.07 Å². The number of hydrogen-bond acceptors (Lipinski definition) is 6. The number of aromatic nitrogens is 1. The van der Waals surface area contributed by atoms with Gasteiger partial charge in [-0.3, -0.25) is 4.79 Å². The van der Waals surface area contributed by atoms with Crippen molar-refractivity contribution in [2.24, 2.45) is 5.92 Å². The average Bonchev–Trinajstić information content (AvgIpc) is 3.44. The summed E-state index contributed by atoms with van der Waals surface area (Å²) in [5, 5.41) is 9.44. The Morgan fingerprint density at radius 2 is 2.03 bits per heavy atom. The minimum atomic E-state index is -0.0340. The Balaban J connectivity index is 1.40. The van der Waals surface area contributed by atoms with Gasteiger partial charge in [-0.05, 0) is 43.0 Å². The van der Waals surface area contributed by atoms with Gasteiger partial charge >= 0.3 is 0 Å². The molecule has 0 N–H and O–H groups in total. The minimum Gasteiger partial charge on any atom is -0.459 e. The summed E-state index contributed by atoms with van der Waals surface area (Å²) in [4.78, 5) is 21.0. The summed E-state index contributed by atoms with van der Waals surface area (Å²) in [5.74, 6) is 1.35. The fraction of sp³-hybridized carbons (Fsp3) is 0.348. The molecular weight excluding hydrogens is 380 g/mol. The molecule has 0 saturated carbocycles. The van der Waals surface area contributed by atoms with Crippen molar-refractivity contribution in [3.63, 3.8) is 0 Å². The number of furan rings is 1. The van der Waals surface area contributed by atoms with E-state index in [0.29, 0.717) is 50.0 Å². The van der Waals surface area contributed by atoms with Gasteiger partial charge in [0, 0.05) is 32.6 Å². The van der Waals surface area contributed by atoms with Crippen LogP contribution in [0.25, 0.3) is 11.7 Å². The first-order valence-corrected chi connectivity index (χ1v) is 10.1. The Hall–Kier alpha value is -3.53. The molecule has 154 valence electrons. The van der Waals surface area contributed by atoms with Gasteiger partial charge in [0.25, 0.3) is 5.89 Å². The Morgan fingerprint density at radius 3 is 2.70 bits per heavy atom. The molecule has 3 heterocycles. The molecule has 1 aliphatic heterocycles. The zero-order valence-electron chi connectivity index (χ0n) is 17.2. The predicted molar refractivity (Wildman–Crippen MR) is 112 cm³/mol. The number of oxazole rings is 1. The number of nitriles is 1. The number of amides is 1. The molecule has 7 nitrogen and oxygen atoms in total. The van der Waals surface area contributed by atoms with E-state index in [0.717, 1.165) is 5.56 Å². The van der Waals surface area contributed by atoms with E-state index in [4.69, 9.17) is 8.83 Å². The van der Waals surface area contributed by atoms with Gasteiger partial charge in [0.2, 0.25) is 17.5 Å². The van der Waals surface area contributed by atoms with Crippen molar-refractivity contribution in [2.75, 3.05) is 25.0 Å². The summed E-state index contributed by atoms with van der Waals surface area (Å²) in [6.07, 6.45) is 2.95. The van der Waals surface area contributed by atoms with Crippen LogP contribution >= 0.6 is 0 Å². The van der Waals surface area contributed by atoms with E-state index in [1.165, 1.54) is 11.8 Å². The van der Waals surface area contributed by atoms with Gasteiger partial charge in [-0.2, -0.15) is 10.2 Å². The second-order valence-electron chi connectivity index (χ2n) is 7.64. The molecule has 0 atom stereocenters. The van der Waals surface area contributed by atoms with E-state index >= 15 is 0 Å². The number of carbonyl (C=O) groups is 1. The first-order chi connectivity index (χ1) is 14.6. The van der Waals surface area contributed by atoms with Crippen molar-refractivity contribution < 1.29 is 13.6 Å².